The quantitative estimate of drug-likeness (QED) is 0.631. The van der Waals surface area contributed by atoms with E-state index >= 15 is 0 Å². The minimum Gasteiger partial charge on any atom is -0.306 e. The average Bonchev–Trinajstić information content (AvgIpc) is 2.01. The molecule has 1 heterocycles. The zero-order valence-electron chi connectivity index (χ0n) is 9.26. The summed E-state index contributed by atoms with van der Waals surface area (Å²) in [6.45, 7) is 9.32. The Balaban J connectivity index is 2.72. The van der Waals surface area contributed by atoms with E-state index in [1.54, 1.807) is 5.06 Å². The van der Waals surface area contributed by atoms with E-state index in [0.29, 0.717) is 12.2 Å². The third-order valence-electron chi connectivity index (χ3n) is 1.93. The lowest BCUT2D eigenvalue weighted by Crippen LogP contribution is -2.49. The van der Waals surface area contributed by atoms with Crippen molar-refractivity contribution in [1.29, 1.82) is 0 Å². The maximum absolute atomic E-state index is 10.7. The van der Waals surface area contributed by atoms with Crippen LogP contribution in [-0.2, 0) is 9.63 Å². The zero-order chi connectivity index (χ0) is 10.8. The summed E-state index contributed by atoms with van der Waals surface area (Å²) >= 11 is 0. The van der Waals surface area contributed by atoms with Gasteiger partial charge >= 0.3 is 0 Å². The molecule has 0 saturated carbocycles. The van der Waals surface area contributed by atoms with Gasteiger partial charge in [-0.05, 0) is 27.7 Å². The summed E-state index contributed by atoms with van der Waals surface area (Å²) in [4.78, 5) is 16.4. The van der Waals surface area contributed by atoms with Crippen LogP contribution in [-0.4, -0.2) is 35.7 Å². The molecule has 1 N–H and O–H groups in total. The highest BCUT2D eigenvalue weighted by molar-refractivity contribution is 5.53. The molecule has 0 spiro atoms. The van der Waals surface area contributed by atoms with Crippen molar-refractivity contribution < 1.29 is 9.63 Å². The van der Waals surface area contributed by atoms with Gasteiger partial charge < -0.3 is 5.32 Å². The molecule has 1 aliphatic heterocycles. The number of hydrogen-bond donors (Lipinski definition) is 1. The summed E-state index contributed by atoms with van der Waals surface area (Å²) in [5, 5.41) is 4.82. The molecule has 0 radical (unpaired) electrons. The molecule has 80 valence electrons. The number of hydroxylamine groups is 2. The molecule has 4 heteroatoms. The smallest absolute Gasteiger partial charge is 0.149 e. The standard InChI is InChI=1S/C10H18N2O2/c1-8-9(7-13)12(6-5-11-8)14-10(2,3)4/h8,11H,5-6H2,1-4H3/t8-/m0/s1. The van der Waals surface area contributed by atoms with Crippen LogP contribution in [0, 0.1) is 0 Å². The summed E-state index contributed by atoms with van der Waals surface area (Å²) in [5.41, 5.74) is 0.269. The van der Waals surface area contributed by atoms with Gasteiger partial charge in [-0.25, -0.2) is 9.86 Å². The fourth-order valence-electron chi connectivity index (χ4n) is 1.38. The van der Waals surface area contributed by atoms with E-state index < -0.39 is 0 Å². The Kier molecular flexibility index (Phi) is 3.32. The molecule has 0 unspecified atom stereocenters. The minimum atomic E-state index is -0.279. The summed E-state index contributed by atoms with van der Waals surface area (Å²) in [5.74, 6) is 1.93. The van der Waals surface area contributed by atoms with Gasteiger partial charge in [-0.3, -0.25) is 4.84 Å². The van der Waals surface area contributed by atoms with Gasteiger partial charge in [0.25, 0.3) is 0 Å². The van der Waals surface area contributed by atoms with E-state index in [1.807, 2.05) is 33.6 Å². The van der Waals surface area contributed by atoms with Crippen molar-refractivity contribution in [3.8, 4) is 0 Å². The summed E-state index contributed by atoms with van der Waals surface area (Å²) in [7, 11) is 0. The number of rotatable bonds is 1. The first-order valence-corrected chi connectivity index (χ1v) is 4.89. The molecular weight excluding hydrogens is 180 g/mol. The molecular formula is C10H18N2O2. The van der Waals surface area contributed by atoms with E-state index in [9.17, 15) is 4.79 Å². The van der Waals surface area contributed by atoms with Crippen LogP contribution in [0.4, 0.5) is 0 Å². The van der Waals surface area contributed by atoms with Gasteiger partial charge in [0, 0.05) is 6.54 Å². The van der Waals surface area contributed by atoms with Crippen LogP contribution in [0.5, 0.6) is 0 Å². The molecule has 1 saturated heterocycles. The molecule has 0 amide bonds. The number of carbonyl (C=O) groups excluding carboxylic acids is 1. The zero-order valence-corrected chi connectivity index (χ0v) is 9.26. The van der Waals surface area contributed by atoms with Crippen LogP contribution in [0.1, 0.15) is 27.7 Å². The van der Waals surface area contributed by atoms with Crippen LogP contribution >= 0.6 is 0 Å². The molecule has 0 aromatic carbocycles. The largest absolute Gasteiger partial charge is 0.306 e. The second kappa shape index (κ2) is 4.13. The second-order valence-corrected chi connectivity index (χ2v) is 4.47. The molecule has 14 heavy (non-hydrogen) atoms. The minimum absolute atomic E-state index is 0.0172. The van der Waals surface area contributed by atoms with Crippen molar-refractivity contribution in [3.05, 3.63) is 5.70 Å². The highest BCUT2D eigenvalue weighted by atomic mass is 16.7. The highest BCUT2D eigenvalue weighted by Gasteiger charge is 2.26. The second-order valence-electron chi connectivity index (χ2n) is 4.47. The first-order chi connectivity index (χ1) is 6.44. The maximum Gasteiger partial charge on any atom is 0.149 e. The van der Waals surface area contributed by atoms with E-state index in [0.717, 1.165) is 6.54 Å². The Morgan fingerprint density at radius 3 is 2.71 bits per heavy atom. The van der Waals surface area contributed by atoms with E-state index in [4.69, 9.17) is 4.84 Å². The SMILES string of the molecule is C[C@@H]1NCCN(OC(C)(C)C)C1=C=O. The average molecular weight is 198 g/mol. The van der Waals surface area contributed by atoms with Gasteiger partial charge in [-0.1, -0.05) is 0 Å². The molecule has 1 atom stereocenters. The van der Waals surface area contributed by atoms with Gasteiger partial charge in [0.05, 0.1) is 18.2 Å². The van der Waals surface area contributed by atoms with Gasteiger partial charge in [-0.15, -0.1) is 0 Å². The molecule has 1 rings (SSSR count). The lowest BCUT2D eigenvalue weighted by molar-refractivity contribution is -0.213. The summed E-state index contributed by atoms with van der Waals surface area (Å²) in [6, 6.07) is 0.0172. The highest BCUT2D eigenvalue weighted by Crippen LogP contribution is 2.17. The van der Waals surface area contributed by atoms with Crippen molar-refractivity contribution in [3.63, 3.8) is 0 Å². The Morgan fingerprint density at radius 2 is 2.21 bits per heavy atom. The molecule has 0 bridgehead atoms. The van der Waals surface area contributed by atoms with Crippen molar-refractivity contribution in [2.75, 3.05) is 13.1 Å². The van der Waals surface area contributed by atoms with Crippen molar-refractivity contribution in [2.24, 2.45) is 0 Å². The first kappa shape index (κ1) is 11.2. The lowest BCUT2D eigenvalue weighted by atomic mass is 10.2. The van der Waals surface area contributed by atoms with Gasteiger partial charge in [0.15, 0.2) is 0 Å². The Hall–Kier alpha value is -0.830. The molecule has 0 aromatic rings. The fraction of sp³-hybridized carbons (Fsp3) is 0.800. The Labute approximate surface area is 84.9 Å². The Bertz CT molecular complexity index is 251. The summed E-state index contributed by atoms with van der Waals surface area (Å²) in [6.07, 6.45) is 0. The van der Waals surface area contributed by atoms with Gasteiger partial charge in [0.2, 0.25) is 0 Å². The first-order valence-electron chi connectivity index (χ1n) is 4.89. The van der Waals surface area contributed by atoms with E-state index in [2.05, 4.69) is 5.32 Å². The molecule has 0 aliphatic carbocycles. The predicted molar refractivity (Wildman–Crippen MR) is 54.2 cm³/mol. The third kappa shape index (κ3) is 2.84. The summed E-state index contributed by atoms with van der Waals surface area (Å²) < 4.78 is 0. The topological polar surface area (TPSA) is 41.6 Å². The molecule has 0 aromatic heterocycles. The van der Waals surface area contributed by atoms with Crippen LogP contribution in [0.25, 0.3) is 0 Å². The van der Waals surface area contributed by atoms with Crippen LogP contribution in [0.3, 0.4) is 0 Å². The van der Waals surface area contributed by atoms with Gasteiger partial charge in [0.1, 0.15) is 11.6 Å². The fourth-order valence-corrected chi connectivity index (χ4v) is 1.38. The Morgan fingerprint density at radius 1 is 1.57 bits per heavy atom. The number of hydrogen-bond acceptors (Lipinski definition) is 4. The normalized spacial score (nSPS) is 23.6. The van der Waals surface area contributed by atoms with Gasteiger partial charge in [-0.2, -0.15) is 0 Å². The van der Waals surface area contributed by atoms with E-state index in [-0.39, 0.29) is 11.6 Å². The third-order valence-corrected chi connectivity index (χ3v) is 1.93. The van der Waals surface area contributed by atoms with Crippen molar-refractivity contribution in [1.82, 2.24) is 10.4 Å². The van der Waals surface area contributed by atoms with E-state index in [1.165, 1.54) is 0 Å². The molecule has 4 nitrogen and oxygen atoms in total. The number of nitrogens with zero attached hydrogens (tertiary/aromatic N) is 1. The number of piperazine rings is 1. The van der Waals surface area contributed by atoms with Crippen LogP contribution in [0.15, 0.2) is 5.70 Å². The molecule has 1 aliphatic rings. The number of nitrogens with one attached hydrogen (secondary N) is 1. The van der Waals surface area contributed by atoms with Crippen molar-refractivity contribution in [2.45, 2.75) is 39.3 Å². The monoisotopic (exact) mass is 198 g/mol. The van der Waals surface area contributed by atoms with Crippen molar-refractivity contribution >= 4 is 5.94 Å². The lowest BCUT2D eigenvalue weighted by Gasteiger charge is -2.37. The predicted octanol–water partition coefficient (Wildman–Crippen LogP) is 0.726. The molecule has 1 fully saturated rings. The maximum atomic E-state index is 10.7. The van der Waals surface area contributed by atoms with Crippen LogP contribution < -0.4 is 5.32 Å². The van der Waals surface area contributed by atoms with Crippen LogP contribution in [0.2, 0.25) is 0 Å².